The first-order chi connectivity index (χ1) is 11.5. The van der Waals surface area contributed by atoms with E-state index in [1.54, 1.807) is 0 Å². The number of hydrogen-bond acceptors (Lipinski definition) is 2. The minimum absolute atomic E-state index is 0.0808. The Labute approximate surface area is 147 Å². The molecule has 1 amide bonds. The van der Waals surface area contributed by atoms with Crippen LogP contribution in [-0.4, -0.2) is 32.7 Å². The number of ether oxygens (including phenoxy) is 1. The number of likely N-dealkylation sites (N-methyl/N-ethyl adjacent to an activating group) is 1. The van der Waals surface area contributed by atoms with E-state index in [1.165, 1.54) is 6.07 Å². The Morgan fingerprint density at radius 3 is 2.42 bits per heavy atom. The Bertz CT molecular complexity index is 675. The van der Waals surface area contributed by atoms with Crippen LogP contribution in [0.15, 0.2) is 46.9 Å². The fourth-order valence-corrected chi connectivity index (χ4v) is 2.30. The lowest BCUT2D eigenvalue weighted by molar-refractivity contribution is -0.871. The number of anilines is 1. The van der Waals surface area contributed by atoms with Gasteiger partial charge in [-0.1, -0.05) is 22.0 Å². The molecule has 1 atom stereocenters. The summed E-state index contributed by atoms with van der Waals surface area (Å²) >= 11 is 3.34. The molecule has 2 rings (SSSR count). The lowest BCUT2D eigenvalue weighted by atomic mass is 10.3. The van der Waals surface area contributed by atoms with Crippen molar-refractivity contribution in [2.45, 2.75) is 0 Å². The number of benzene rings is 2. The summed E-state index contributed by atoms with van der Waals surface area (Å²) in [5, 5.41) is 2.27. The van der Waals surface area contributed by atoms with Gasteiger partial charge in [0.15, 0.2) is 6.54 Å². The third-order valence-corrected chi connectivity index (χ3v) is 3.83. The average molecular weight is 400 g/mol. The quantitative estimate of drug-likeness (QED) is 0.749. The molecule has 0 aliphatic carbocycles. The second kappa shape index (κ2) is 8.75. The maximum atomic E-state index is 13.5. The van der Waals surface area contributed by atoms with Crippen molar-refractivity contribution in [2.75, 3.05) is 32.1 Å². The van der Waals surface area contributed by atoms with Crippen LogP contribution in [0.1, 0.15) is 0 Å². The fourth-order valence-electron chi connectivity index (χ4n) is 2.04. The van der Waals surface area contributed by atoms with Crippen molar-refractivity contribution in [1.29, 1.82) is 0 Å². The van der Waals surface area contributed by atoms with E-state index in [2.05, 4.69) is 21.2 Å². The lowest BCUT2D eigenvalue weighted by Gasteiger charge is -2.15. The summed E-state index contributed by atoms with van der Waals surface area (Å²) in [6, 6.07) is 10.9. The van der Waals surface area contributed by atoms with Crippen LogP contribution in [0.25, 0.3) is 0 Å². The van der Waals surface area contributed by atoms with E-state index in [0.29, 0.717) is 13.2 Å². The van der Waals surface area contributed by atoms with Crippen molar-refractivity contribution in [3.8, 4) is 5.75 Å². The topological polar surface area (TPSA) is 42.8 Å². The fraction of sp³-hybridized carbons (Fsp3) is 0.235. The maximum absolute atomic E-state index is 13.5. The van der Waals surface area contributed by atoms with Crippen molar-refractivity contribution < 1.29 is 23.2 Å². The monoisotopic (exact) mass is 399 g/mol. The SMILES string of the molecule is C[NH+](CCOc1ccc(Br)cc1)CC(=O)Nc1c(F)cccc1F. The largest absolute Gasteiger partial charge is 0.488 e. The number of carbonyl (C=O) groups is 1. The Balaban J connectivity index is 1.76. The van der Waals surface area contributed by atoms with E-state index in [4.69, 9.17) is 4.74 Å². The second-order valence-corrected chi connectivity index (χ2v) is 6.25. The summed E-state index contributed by atoms with van der Waals surface area (Å²) in [6.45, 7) is 1.08. The molecule has 0 aliphatic heterocycles. The zero-order chi connectivity index (χ0) is 17.5. The molecule has 2 aromatic rings. The van der Waals surface area contributed by atoms with Gasteiger partial charge < -0.3 is 15.0 Å². The number of nitrogens with one attached hydrogen (secondary N) is 2. The lowest BCUT2D eigenvalue weighted by Crippen LogP contribution is -3.10. The smallest absolute Gasteiger partial charge is 0.279 e. The molecule has 0 aromatic heterocycles. The molecule has 2 N–H and O–H groups in total. The van der Waals surface area contributed by atoms with Gasteiger partial charge in [0.05, 0.1) is 7.05 Å². The molecule has 2 aromatic carbocycles. The molecular weight excluding hydrogens is 382 g/mol. The van der Waals surface area contributed by atoms with Crippen LogP contribution in [0, 0.1) is 11.6 Å². The van der Waals surface area contributed by atoms with E-state index in [-0.39, 0.29) is 6.54 Å². The molecule has 0 radical (unpaired) electrons. The summed E-state index contributed by atoms with van der Waals surface area (Å²) < 4.78 is 33.5. The average Bonchev–Trinajstić information content (AvgIpc) is 2.53. The van der Waals surface area contributed by atoms with Gasteiger partial charge in [-0.05, 0) is 36.4 Å². The summed E-state index contributed by atoms with van der Waals surface area (Å²) in [7, 11) is 1.81. The highest BCUT2D eigenvalue weighted by atomic mass is 79.9. The van der Waals surface area contributed by atoms with Crippen molar-refractivity contribution in [1.82, 2.24) is 0 Å². The predicted molar refractivity (Wildman–Crippen MR) is 91.2 cm³/mol. The molecule has 0 aliphatic rings. The van der Waals surface area contributed by atoms with Gasteiger partial charge in [0.25, 0.3) is 5.91 Å². The van der Waals surface area contributed by atoms with Crippen LogP contribution in [0.4, 0.5) is 14.5 Å². The van der Waals surface area contributed by atoms with Gasteiger partial charge in [0.1, 0.15) is 36.2 Å². The number of amides is 1. The van der Waals surface area contributed by atoms with Gasteiger partial charge in [-0.25, -0.2) is 8.78 Å². The Hall–Kier alpha value is -1.99. The summed E-state index contributed by atoms with van der Waals surface area (Å²) in [5.41, 5.74) is -0.415. The van der Waals surface area contributed by atoms with Crippen LogP contribution in [0.3, 0.4) is 0 Å². The summed E-state index contributed by atoms with van der Waals surface area (Å²) in [6.07, 6.45) is 0. The molecule has 0 fully saturated rings. The molecule has 128 valence electrons. The van der Waals surface area contributed by atoms with Crippen LogP contribution in [0.5, 0.6) is 5.75 Å². The standard InChI is InChI=1S/C17H17BrF2N2O2/c1-22(9-10-24-13-7-5-12(18)6-8-13)11-16(23)21-17-14(19)3-2-4-15(17)20/h2-8H,9-11H2,1H3,(H,21,23)/p+1. The van der Waals surface area contributed by atoms with Crippen molar-refractivity contribution in [3.63, 3.8) is 0 Å². The number of rotatable bonds is 7. The van der Waals surface area contributed by atoms with Crippen molar-refractivity contribution in [2.24, 2.45) is 0 Å². The Morgan fingerprint density at radius 1 is 1.17 bits per heavy atom. The first-order valence-electron chi connectivity index (χ1n) is 7.39. The molecule has 0 saturated carbocycles. The second-order valence-electron chi connectivity index (χ2n) is 5.33. The van der Waals surface area contributed by atoms with Crippen LogP contribution in [0.2, 0.25) is 0 Å². The van der Waals surface area contributed by atoms with E-state index >= 15 is 0 Å². The van der Waals surface area contributed by atoms with Gasteiger partial charge in [-0.2, -0.15) is 0 Å². The highest BCUT2D eigenvalue weighted by Crippen LogP contribution is 2.17. The highest BCUT2D eigenvalue weighted by Gasteiger charge is 2.15. The maximum Gasteiger partial charge on any atom is 0.279 e. The number of quaternary nitrogens is 1. The van der Waals surface area contributed by atoms with E-state index in [9.17, 15) is 13.6 Å². The highest BCUT2D eigenvalue weighted by molar-refractivity contribution is 9.10. The van der Waals surface area contributed by atoms with Gasteiger partial charge in [-0.15, -0.1) is 0 Å². The van der Waals surface area contributed by atoms with E-state index < -0.39 is 23.2 Å². The molecule has 0 bridgehead atoms. The van der Waals surface area contributed by atoms with Gasteiger partial charge >= 0.3 is 0 Å². The molecule has 0 heterocycles. The summed E-state index contributed by atoms with van der Waals surface area (Å²) in [4.78, 5) is 12.7. The molecule has 4 nitrogen and oxygen atoms in total. The number of halogens is 3. The van der Waals surface area contributed by atoms with Crippen LogP contribution < -0.4 is 15.0 Å². The molecular formula is C17H18BrF2N2O2+. The van der Waals surface area contributed by atoms with Crippen molar-refractivity contribution >= 4 is 27.5 Å². The molecule has 0 saturated heterocycles. The number of para-hydroxylation sites is 1. The van der Waals surface area contributed by atoms with E-state index in [0.717, 1.165) is 27.3 Å². The van der Waals surface area contributed by atoms with Gasteiger partial charge in [0, 0.05) is 4.47 Å². The van der Waals surface area contributed by atoms with Gasteiger partial charge in [0.2, 0.25) is 0 Å². The zero-order valence-electron chi connectivity index (χ0n) is 13.1. The molecule has 24 heavy (non-hydrogen) atoms. The third-order valence-electron chi connectivity index (χ3n) is 3.30. The minimum atomic E-state index is -0.792. The first kappa shape index (κ1) is 18.4. The zero-order valence-corrected chi connectivity index (χ0v) is 14.7. The van der Waals surface area contributed by atoms with Crippen molar-refractivity contribution in [3.05, 3.63) is 58.6 Å². The number of carbonyl (C=O) groups excluding carboxylic acids is 1. The minimum Gasteiger partial charge on any atom is -0.488 e. The molecule has 1 unspecified atom stereocenters. The Morgan fingerprint density at radius 2 is 1.79 bits per heavy atom. The van der Waals surface area contributed by atoms with E-state index in [1.807, 2.05) is 31.3 Å². The summed E-state index contributed by atoms with van der Waals surface area (Å²) in [5.74, 6) is -1.30. The Kier molecular flexibility index (Phi) is 6.69. The first-order valence-corrected chi connectivity index (χ1v) is 8.18. The number of hydrogen-bond donors (Lipinski definition) is 2. The van der Waals surface area contributed by atoms with Crippen LogP contribution >= 0.6 is 15.9 Å². The molecule has 7 heteroatoms. The van der Waals surface area contributed by atoms with Crippen LogP contribution in [-0.2, 0) is 4.79 Å². The third kappa shape index (κ3) is 5.58. The normalized spacial score (nSPS) is 11.8. The predicted octanol–water partition coefficient (Wildman–Crippen LogP) is 2.26. The molecule has 0 spiro atoms. The van der Waals surface area contributed by atoms with Gasteiger partial charge in [-0.3, -0.25) is 4.79 Å².